The molecule has 8 heteroatoms. The number of nitrogens with zero attached hydrogens (tertiary/aromatic N) is 1. The van der Waals surface area contributed by atoms with E-state index in [0.29, 0.717) is 24.2 Å². The van der Waals surface area contributed by atoms with Gasteiger partial charge < -0.3 is 10.0 Å². The normalized spacial score (nSPS) is 22.1. The predicted octanol–water partition coefficient (Wildman–Crippen LogP) is 1.80. The van der Waals surface area contributed by atoms with Crippen LogP contribution in [0.25, 0.3) is 0 Å². The van der Waals surface area contributed by atoms with E-state index >= 15 is 0 Å². The van der Waals surface area contributed by atoms with Crippen LogP contribution in [0.3, 0.4) is 0 Å². The first kappa shape index (κ1) is 15.1. The minimum Gasteiger partial charge on any atom is -0.396 e. The summed E-state index contributed by atoms with van der Waals surface area (Å²) in [6.07, 6.45) is -4.60. The van der Waals surface area contributed by atoms with Gasteiger partial charge in [-0.05, 0) is 25.2 Å². The van der Waals surface area contributed by atoms with Gasteiger partial charge >= 0.3 is 18.0 Å². The summed E-state index contributed by atoms with van der Waals surface area (Å²) in [5, 5.41) is 8.70. The van der Waals surface area contributed by atoms with E-state index in [9.17, 15) is 26.7 Å². The molecule has 1 fully saturated rings. The Labute approximate surface area is 101 Å². The van der Waals surface area contributed by atoms with Crippen LogP contribution in [0.15, 0.2) is 0 Å². The molecule has 1 unspecified atom stereocenters. The van der Waals surface area contributed by atoms with Crippen LogP contribution in [-0.2, 0) is 4.79 Å². The van der Waals surface area contributed by atoms with E-state index < -0.39 is 18.0 Å². The summed E-state index contributed by atoms with van der Waals surface area (Å²) in [6, 6.07) is 0. The van der Waals surface area contributed by atoms with Gasteiger partial charge in [-0.1, -0.05) is 0 Å². The largest absolute Gasteiger partial charge is 0.463 e. The molecule has 0 bridgehead atoms. The Bertz CT molecular complexity index is 303. The van der Waals surface area contributed by atoms with Crippen molar-refractivity contribution in [2.75, 3.05) is 19.7 Å². The van der Waals surface area contributed by atoms with Gasteiger partial charge in [0.05, 0.1) is 0 Å². The van der Waals surface area contributed by atoms with Gasteiger partial charge in [-0.15, -0.1) is 0 Å². The second-order valence-electron chi connectivity index (χ2n) is 4.34. The first-order valence-electron chi connectivity index (χ1n) is 5.55. The van der Waals surface area contributed by atoms with Crippen molar-refractivity contribution in [2.45, 2.75) is 31.4 Å². The minimum absolute atomic E-state index is 0.105. The summed E-state index contributed by atoms with van der Waals surface area (Å²) in [5.74, 6) is -7.76. The second-order valence-corrected chi connectivity index (χ2v) is 4.34. The quantitative estimate of drug-likeness (QED) is 0.798. The van der Waals surface area contributed by atoms with Gasteiger partial charge in [0.25, 0.3) is 0 Å². The van der Waals surface area contributed by atoms with Crippen LogP contribution in [0.5, 0.6) is 0 Å². The highest BCUT2D eigenvalue weighted by Crippen LogP contribution is 2.37. The molecule has 0 radical (unpaired) electrons. The average molecular weight is 275 g/mol. The third-order valence-electron chi connectivity index (χ3n) is 2.97. The highest BCUT2D eigenvalue weighted by atomic mass is 19.4. The number of carbonyl (C=O) groups is 1. The molecule has 1 atom stereocenters. The number of hydrogen-bond acceptors (Lipinski definition) is 2. The van der Waals surface area contributed by atoms with Crippen LogP contribution in [0.2, 0.25) is 0 Å². The molecule has 106 valence electrons. The van der Waals surface area contributed by atoms with Crippen LogP contribution < -0.4 is 0 Å². The Morgan fingerprint density at radius 1 is 1.28 bits per heavy atom. The van der Waals surface area contributed by atoms with Crippen molar-refractivity contribution in [1.82, 2.24) is 4.90 Å². The number of piperidine rings is 1. The zero-order chi connectivity index (χ0) is 14.0. The number of aliphatic hydroxyl groups is 1. The van der Waals surface area contributed by atoms with Crippen molar-refractivity contribution in [1.29, 1.82) is 0 Å². The Morgan fingerprint density at radius 3 is 2.39 bits per heavy atom. The molecule has 0 spiro atoms. The molecule has 1 saturated heterocycles. The summed E-state index contributed by atoms with van der Waals surface area (Å²) in [5.41, 5.74) is 0. The molecule has 0 aromatic carbocycles. The number of halogens is 5. The molecule has 1 rings (SSSR count). The van der Waals surface area contributed by atoms with Crippen LogP contribution in [0.1, 0.15) is 19.3 Å². The van der Waals surface area contributed by atoms with E-state index in [1.807, 2.05) is 0 Å². The summed E-state index contributed by atoms with van der Waals surface area (Å²) in [7, 11) is 0. The van der Waals surface area contributed by atoms with Crippen LogP contribution in [0, 0.1) is 5.92 Å². The molecule has 1 aliphatic rings. The van der Waals surface area contributed by atoms with E-state index in [-0.39, 0.29) is 25.6 Å². The molecule has 1 heterocycles. The van der Waals surface area contributed by atoms with Crippen LogP contribution in [-0.4, -0.2) is 47.7 Å². The number of aliphatic hydroxyl groups excluding tert-OH is 1. The molecule has 0 aromatic heterocycles. The van der Waals surface area contributed by atoms with Gasteiger partial charge in [-0.3, -0.25) is 4.79 Å². The lowest BCUT2D eigenvalue weighted by atomic mass is 9.95. The molecular weight excluding hydrogens is 261 g/mol. The molecule has 1 aliphatic heterocycles. The predicted molar refractivity (Wildman–Crippen MR) is 52.0 cm³/mol. The third-order valence-corrected chi connectivity index (χ3v) is 2.97. The molecule has 0 saturated carbocycles. The average Bonchev–Trinajstić information content (AvgIpc) is 2.27. The first-order valence-corrected chi connectivity index (χ1v) is 5.55. The molecule has 1 amide bonds. The fourth-order valence-corrected chi connectivity index (χ4v) is 1.99. The molecular formula is C10H14F5NO2. The van der Waals surface area contributed by atoms with Crippen molar-refractivity contribution >= 4 is 5.91 Å². The molecule has 18 heavy (non-hydrogen) atoms. The SMILES string of the molecule is O=C(N1CCCC(CCO)C1)C(F)(F)C(F)(F)F. The van der Waals surface area contributed by atoms with Crippen molar-refractivity contribution in [2.24, 2.45) is 5.92 Å². The van der Waals surface area contributed by atoms with E-state index in [4.69, 9.17) is 5.11 Å². The molecule has 3 nitrogen and oxygen atoms in total. The number of carbonyl (C=O) groups excluding carboxylic acids is 1. The van der Waals surface area contributed by atoms with E-state index in [0.717, 1.165) is 0 Å². The van der Waals surface area contributed by atoms with E-state index in [1.54, 1.807) is 0 Å². The van der Waals surface area contributed by atoms with Crippen molar-refractivity contribution < 1.29 is 31.9 Å². The van der Waals surface area contributed by atoms with Gasteiger partial charge in [-0.2, -0.15) is 22.0 Å². The minimum atomic E-state index is -5.87. The maximum absolute atomic E-state index is 12.9. The Hall–Kier alpha value is -0.920. The van der Waals surface area contributed by atoms with Gasteiger partial charge in [0.1, 0.15) is 0 Å². The number of alkyl halides is 5. The maximum atomic E-state index is 12.9. The highest BCUT2D eigenvalue weighted by Gasteiger charge is 2.64. The number of hydrogen-bond donors (Lipinski definition) is 1. The number of rotatable bonds is 3. The summed E-state index contributed by atoms with van der Waals surface area (Å²) >= 11 is 0. The Balaban J connectivity index is 2.72. The topological polar surface area (TPSA) is 40.5 Å². The number of likely N-dealkylation sites (tertiary alicyclic amines) is 1. The van der Waals surface area contributed by atoms with Crippen molar-refractivity contribution in [3.8, 4) is 0 Å². The fourth-order valence-electron chi connectivity index (χ4n) is 1.99. The maximum Gasteiger partial charge on any atom is 0.463 e. The summed E-state index contributed by atoms with van der Waals surface area (Å²) in [4.78, 5) is 11.7. The lowest BCUT2D eigenvalue weighted by molar-refractivity contribution is -0.275. The first-order chi connectivity index (χ1) is 8.20. The standard InChI is InChI=1S/C10H14F5NO2/c11-9(12,10(13,14)15)8(18)16-4-1-2-7(6-16)3-5-17/h7,17H,1-6H2. The van der Waals surface area contributed by atoms with E-state index in [2.05, 4.69) is 0 Å². The third kappa shape index (κ3) is 3.09. The van der Waals surface area contributed by atoms with E-state index in [1.165, 1.54) is 0 Å². The summed E-state index contributed by atoms with van der Waals surface area (Å²) in [6.45, 7) is -0.445. The fraction of sp³-hybridized carbons (Fsp3) is 0.900. The van der Waals surface area contributed by atoms with Crippen LogP contribution >= 0.6 is 0 Å². The van der Waals surface area contributed by atoms with Crippen LogP contribution in [0.4, 0.5) is 22.0 Å². The monoisotopic (exact) mass is 275 g/mol. The Morgan fingerprint density at radius 2 is 1.89 bits per heavy atom. The lowest BCUT2D eigenvalue weighted by Gasteiger charge is -2.34. The lowest BCUT2D eigenvalue weighted by Crippen LogP contribution is -2.54. The molecule has 1 N–H and O–H groups in total. The Kier molecular flexibility index (Phi) is 4.52. The van der Waals surface area contributed by atoms with Crippen molar-refractivity contribution in [3.63, 3.8) is 0 Å². The van der Waals surface area contributed by atoms with Gasteiger partial charge in [0, 0.05) is 19.7 Å². The molecule has 0 aliphatic carbocycles. The summed E-state index contributed by atoms with van der Waals surface area (Å²) < 4.78 is 61.9. The zero-order valence-corrected chi connectivity index (χ0v) is 9.51. The molecule has 0 aromatic rings. The van der Waals surface area contributed by atoms with Gasteiger partial charge in [-0.25, -0.2) is 0 Å². The second kappa shape index (κ2) is 5.38. The van der Waals surface area contributed by atoms with Gasteiger partial charge in [0.2, 0.25) is 0 Å². The van der Waals surface area contributed by atoms with Gasteiger partial charge in [0.15, 0.2) is 0 Å². The highest BCUT2D eigenvalue weighted by molar-refractivity contribution is 5.84. The smallest absolute Gasteiger partial charge is 0.396 e. The number of amides is 1. The van der Waals surface area contributed by atoms with Crippen molar-refractivity contribution in [3.05, 3.63) is 0 Å². The zero-order valence-electron chi connectivity index (χ0n) is 9.51.